The van der Waals surface area contributed by atoms with Crippen molar-refractivity contribution in [1.29, 1.82) is 0 Å². The largest absolute Gasteiger partial charge is 0.448 e. The Hall–Kier alpha value is -0.500. The first-order valence-electron chi connectivity index (χ1n) is 4.31. The highest BCUT2D eigenvalue weighted by molar-refractivity contribution is 6.16. The molecule has 0 spiro atoms. The maximum Gasteiger partial charge on any atom is 0.181 e. The lowest BCUT2D eigenvalue weighted by molar-refractivity contribution is 0.447. The summed E-state index contributed by atoms with van der Waals surface area (Å²) < 4.78 is 5.32. The van der Waals surface area contributed by atoms with Gasteiger partial charge in [0.1, 0.15) is 5.76 Å². The second-order valence-corrected chi connectivity index (χ2v) is 3.69. The van der Waals surface area contributed by atoms with Crippen LogP contribution in [0.25, 0.3) is 0 Å². The van der Waals surface area contributed by atoms with E-state index in [1.807, 2.05) is 0 Å². The Labute approximate surface area is 76.9 Å². The third-order valence-corrected chi connectivity index (χ3v) is 2.80. The number of hydrogen-bond acceptors (Lipinski definition) is 2. The van der Waals surface area contributed by atoms with E-state index in [4.69, 9.17) is 16.0 Å². The van der Waals surface area contributed by atoms with Crippen LogP contribution in [0.3, 0.4) is 0 Å². The molecule has 12 heavy (non-hydrogen) atoms. The van der Waals surface area contributed by atoms with Gasteiger partial charge in [0.2, 0.25) is 0 Å². The Morgan fingerprint density at radius 2 is 2.50 bits per heavy atom. The minimum Gasteiger partial charge on any atom is -0.448 e. The fourth-order valence-electron chi connectivity index (χ4n) is 1.56. The molecule has 0 radical (unpaired) electrons. The molecule has 2 nitrogen and oxygen atoms in total. The summed E-state index contributed by atoms with van der Waals surface area (Å²) in [6, 6.07) is 0. The fourth-order valence-corrected chi connectivity index (χ4v) is 1.76. The molecule has 1 unspecified atom stereocenters. The van der Waals surface area contributed by atoms with Crippen molar-refractivity contribution in [2.45, 2.75) is 31.6 Å². The van der Waals surface area contributed by atoms with Gasteiger partial charge in [-0.15, -0.1) is 11.6 Å². The molecule has 0 saturated heterocycles. The van der Waals surface area contributed by atoms with E-state index in [-0.39, 0.29) is 0 Å². The molecule has 3 heteroatoms. The number of hydrogen-bond donors (Lipinski definition) is 0. The Morgan fingerprint density at radius 1 is 1.75 bits per heavy atom. The molecule has 1 saturated carbocycles. The average Bonchev–Trinajstić information content (AvgIpc) is 2.82. The van der Waals surface area contributed by atoms with E-state index in [0.717, 1.165) is 17.4 Å². The van der Waals surface area contributed by atoms with Crippen molar-refractivity contribution in [2.24, 2.45) is 5.92 Å². The second-order valence-electron chi connectivity index (χ2n) is 3.42. The summed E-state index contributed by atoms with van der Waals surface area (Å²) in [4.78, 5) is 4.07. The smallest absolute Gasteiger partial charge is 0.181 e. The van der Waals surface area contributed by atoms with Crippen molar-refractivity contribution in [1.82, 2.24) is 4.98 Å². The molecule has 1 aromatic heterocycles. The van der Waals surface area contributed by atoms with E-state index in [9.17, 15) is 0 Å². The van der Waals surface area contributed by atoms with Crippen molar-refractivity contribution in [3.8, 4) is 0 Å². The van der Waals surface area contributed by atoms with Crippen molar-refractivity contribution in [3.05, 3.63) is 17.8 Å². The van der Waals surface area contributed by atoms with E-state index >= 15 is 0 Å². The van der Waals surface area contributed by atoms with Gasteiger partial charge in [-0.05, 0) is 18.8 Å². The number of halogens is 1. The summed E-state index contributed by atoms with van der Waals surface area (Å²) >= 11 is 5.72. The molecular weight excluding hydrogens is 174 g/mol. The minimum absolute atomic E-state index is 0.461. The fraction of sp³-hybridized carbons (Fsp3) is 0.667. The highest BCUT2D eigenvalue weighted by Crippen LogP contribution is 2.43. The molecule has 1 heterocycles. The Balaban J connectivity index is 2.19. The van der Waals surface area contributed by atoms with Crippen LogP contribution in [-0.4, -0.2) is 4.98 Å². The standard InChI is InChI=1S/C9H12ClNO/c1-6(7-2-3-7)9-8(4-10)11-5-12-9/h5-7H,2-4H2,1H3. The van der Waals surface area contributed by atoms with E-state index < -0.39 is 0 Å². The molecule has 1 aliphatic carbocycles. The monoisotopic (exact) mass is 185 g/mol. The van der Waals surface area contributed by atoms with Crippen LogP contribution in [0.5, 0.6) is 0 Å². The molecule has 0 aromatic carbocycles. The van der Waals surface area contributed by atoms with Gasteiger partial charge in [0.05, 0.1) is 11.6 Å². The van der Waals surface area contributed by atoms with Gasteiger partial charge in [-0.3, -0.25) is 0 Å². The van der Waals surface area contributed by atoms with Crippen molar-refractivity contribution >= 4 is 11.6 Å². The van der Waals surface area contributed by atoms with Gasteiger partial charge < -0.3 is 4.42 Å². The lowest BCUT2D eigenvalue weighted by Gasteiger charge is -2.06. The molecular formula is C9H12ClNO. The zero-order valence-electron chi connectivity index (χ0n) is 7.09. The predicted octanol–water partition coefficient (Wildman–Crippen LogP) is 2.93. The van der Waals surface area contributed by atoms with Crippen LogP contribution in [0.15, 0.2) is 10.8 Å². The molecule has 1 fully saturated rings. The average molecular weight is 186 g/mol. The Bertz CT molecular complexity index is 267. The summed E-state index contributed by atoms with van der Waals surface area (Å²) in [6.45, 7) is 2.19. The molecule has 1 aliphatic rings. The Morgan fingerprint density at radius 3 is 3.08 bits per heavy atom. The van der Waals surface area contributed by atoms with Crippen molar-refractivity contribution < 1.29 is 4.42 Å². The van der Waals surface area contributed by atoms with Gasteiger partial charge in [-0.25, -0.2) is 4.98 Å². The first-order chi connectivity index (χ1) is 5.83. The Kier molecular flexibility index (Phi) is 2.09. The van der Waals surface area contributed by atoms with E-state index in [2.05, 4.69) is 11.9 Å². The van der Waals surface area contributed by atoms with Crippen molar-refractivity contribution in [2.75, 3.05) is 0 Å². The molecule has 2 rings (SSSR count). The summed E-state index contributed by atoms with van der Waals surface area (Å²) in [5.74, 6) is 2.76. The van der Waals surface area contributed by atoms with Gasteiger partial charge in [0.25, 0.3) is 0 Å². The summed E-state index contributed by atoms with van der Waals surface area (Å²) in [6.07, 6.45) is 4.14. The molecule has 0 bridgehead atoms. The van der Waals surface area contributed by atoms with Gasteiger partial charge >= 0.3 is 0 Å². The van der Waals surface area contributed by atoms with Crippen molar-refractivity contribution in [3.63, 3.8) is 0 Å². The lowest BCUT2D eigenvalue weighted by Crippen LogP contribution is -1.97. The van der Waals surface area contributed by atoms with Crippen LogP contribution < -0.4 is 0 Å². The number of nitrogens with zero attached hydrogens (tertiary/aromatic N) is 1. The number of aromatic nitrogens is 1. The molecule has 0 aliphatic heterocycles. The van der Waals surface area contributed by atoms with Crippen LogP contribution in [0.4, 0.5) is 0 Å². The van der Waals surface area contributed by atoms with Crippen LogP contribution in [-0.2, 0) is 5.88 Å². The van der Waals surface area contributed by atoms with E-state index in [0.29, 0.717) is 11.8 Å². The zero-order chi connectivity index (χ0) is 8.55. The van der Waals surface area contributed by atoms with E-state index in [1.165, 1.54) is 19.2 Å². The van der Waals surface area contributed by atoms with Gasteiger partial charge in [0.15, 0.2) is 6.39 Å². The molecule has 0 amide bonds. The molecule has 1 atom stereocenters. The maximum atomic E-state index is 5.72. The molecule has 66 valence electrons. The lowest BCUT2D eigenvalue weighted by atomic mass is 10.0. The van der Waals surface area contributed by atoms with Gasteiger partial charge in [0, 0.05) is 5.92 Å². The normalized spacial score (nSPS) is 19.5. The summed E-state index contributed by atoms with van der Waals surface area (Å²) in [7, 11) is 0. The number of oxazole rings is 1. The van der Waals surface area contributed by atoms with Crippen LogP contribution in [0, 0.1) is 5.92 Å². The topological polar surface area (TPSA) is 26.0 Å². The third kappa shape index (κ3) is 1.36. The number of alkyl halides is 1. The summed E-state index contributed by atoms with van der Waals surface area (Å²) in [5.41, 5.74) is 0.913. The van der Waals surface area contributed by atoms with E-state index in [1.54, 1.807) is 0 Å². The minimum atomic E-state index is 0.461. The number of rotatable bonds is 3. The third-order valence-electron chi connectivity index (χ3n) is 2.54. The zero-order valence-corrected chi connectivity index (χ0v) is 7.84. The SMILES string of the molecule is CC(c1ocnc1CCl)C1CC1. The second kappa shape index (κ2) is 3.09. The maximum absolute atomic E-state index is 5.72. The first kappa shape index (κ1) is 8.11. The van der Waals surface area contributed by atoms with Gasteiger partial charge in [-0.1, -0.05) is 6.92 Å². The van der Waals surface area contributed by atoms with Crippen LogP contribution in [0.2, 0.25) is 0 Å². The highest BCUT2D eigenvalue weighted by atomic mass is 35.5. The van der Waals surface area contributed by atoms with Crippen LogP contribution in [0.1, 0.15) is 37.1 Å². The van der Waals surface area contributed by atoms with Gasteiger partial charge in [-0.2, -0.15) is 0 Å². The molecule has 1 aromatic rings. The first-order valence-corrected chi connectivity index (χ1v) is 4.84. The summed E-state index contributed by atoms with van der Waals surface area (Å²) in [5, 5.41) is 0. The molecule has 0 N–H and O–H groups in total. The van der Waals surface area contributed by atoms with Crippen LogP contribution >= 0.6 is 11.6 Å². The predicted molar refractivity (Wildman–Crippen MR) is 47.2 cm³/mol. The highest BCUT2D eigenvalue weighted by Gasteiger charge is 2.32. The quantitative estimate of drug-likeness (QED) is 0.677.